The fourth-order valence-corrected chi connectivity index (χ4v) is 1.46. The van der Waals surface area contributed by atoms with Crippen LogP contribution in [-0.2, 0) is 4.18 Å². The van der Waals surface area contributed by atoms with Crippen molar-refractivity contribution >= 4 is 30.5 Å². The molecule has 16 heavy (non-hydrogen) atoms. The third kappa shape index (κ3) is 3.61. The van der Waals surface area contributed by atoms with Gasteiger partial charge in [0.15, 0.2) is 5.82 Å². The van der Waals surface area contributed by atoms with E-state index in [4.69, 9.17) is 5.52 Å². The largest absolute Gasteiger partial charge is 0.320 e. The van der Waals surface area contributed by atoms with Crippen LogP contribution in [-0.4, -0.2) is 24.1 Å². The Morgan fingerprint density at radius 2 is 2.44 bits per heavy atom. The molecule has 6 heteroatoms. The maximum Gasteiger partial charge on any atom is 0.209 e. The van der Waals surface area contributed by atoms with E-state index in [2.05, 4.69) is 15.0 Å². The SMILES string of the molecule is [3H][B]SOC(C)c1cnc(C)nc1N=C(C)C. The summed E-state index contributed by atoms with van der Waals surface area (Å²) < 4.78 is 12.3. The number of hydrogen-bond acceptors (Lipinski definition) is 5. The van der Waals surface area contributed by atoms with Crippen molar-refractivity contribution in [3.05, 3.63) is 17.6 Å². The van der Waals surface area contributed by atoms with Crippen molar-refractivity contribution in [2.24, 2.45) is 4.99 Å². The molecule has 0 N–H and O–H groups in total. The second-order valence-corrected chi connectivity index (χ2v) is 3.97. The molecule has 1 aromatic heterocycles. The molecular weight excluding hydrogens is 221 g/mol. The summed E-state index contributed by atoms with van der Waals surface area (Å²) >= 11 is 0.980. The molecule has 0 aliphatic heterocycles. The highest BCUT2D eigenvalue weighted by molar-refractivity contribution is 8.15. The molecule has 0 aliphatic rings. The predicted molar refractivity (Wildman–Crippen MR) is 69.5 cm³/mol. The first-order valence-electron chi connectivity index (χ1n) is 5.50. The first-order chi connectivity index (χ1) is 8.04. The summed E-state index contributed by atoms with van der Waals surface area (Å²) in [4.78, 5) is 12.8. The molecule has 1 aromatic rings. The average molecular weight is 238 g/mol. The van der Waals surface area contributed by atoms with Gasteiger partial charge in [-0.25, -0.2) is 15.0 Å². The maximum atomic E-state index is 6.91. The van der Waals surface area contributed by atoms with Gasteiger partial charge >= 0.3 is 0 Å². The van der Waals surface area contributed by atoms with Crippen LogP contribution in [0.2, 0.25) is 0 Å². The fraction of sp³-hybridized carbons (Fsp3) is 0.500. The number of hydrogen-bond donors (Lipinski definition) is 0. The second-order valence-electron chi connectivity index (χ2n) is 3.59. The highest BCUT2D eigenvalue weighted by Crippen LogP contribution is 2.27. The summed E-state index contributed by atoms with van der Waals surface area (Å²) in [5.74, 6) is 1.32. The van der Waals surface area contributed by atoms with E-state index in [1.54, 1.807) is 6.20 Å². The normalized spacial score (nSPS) is 12.9. The topological polar surface area (TPSA) is 47.4 Å². The smallest absolute Gasteiger partial charge is 0.209 e. The van der Waals surface area contributed by atoms with Crippen LogP contribution in [0, 0.1) is 6.92 Å². The molecule has 0 saturated heterocycles. The van der Waals surface area contributed by atoms with E-state index in [0.717, 1.165) is 30.3 Å². The van der Waals surface area contributed by atoms with Gasteiger partial charge in [0.25, 0.3) is 0 Å². The van der Waals surface area contributed by atoms with Gasteiger partial charge in [0.1, 0.15) is 5.82 Å². The highest BCUT2D eigenvalue weighted by Gasteiger charge is 2.13. The van der Waals surface area contributed by atoms with Crippen molar-refractivity contribution in [2.75, 3.05) is 0 Å². The van der Waals surface area contributed by atoms with Gasteiger partial charge in [0.2, 0.25) is 7.09 Å². The third-order valence-corrected chi connectivity index (χ3v) is 2.28. The number of aromatic nitrogens is 2. The van der Waals surface area contributed by atoms with Gasteiger partial charge in [-0.2, -0.15) is 0 Å². The van der Waals surface area contributed by atoms with Gasteiger partial charge < -0.3 is 4.18 Å². The lowest BCUT2D eigenvalue weighted by Crippen LogP contribution is -2.00. The quantitative estimate of drug-likeness (QED) is 0.449. The van der Waals surface area contributed by atoms with E-state index in [9.17, 15) is 0 Å². The Balaban J connectivity index is 3.01. The molecule has 1 heterocycles. The lowest BCUT2D eigenvalue weighted by molar-refractivity contribution is 0.276. The van der Waals surface area contributed by atoms with Crippen LogP contribution < -0.4 is 0 Å². The van der Waals surface area contributed by atoms with E-state index < -0.39 is 0 Å². The Kier molecular flexibility index (Phi) is 4.36. The molecule has 0 spiro atoms. The second kappa shape index (κ2) is 6.01. The molecular formula is C10H15BN3OS. The Morgan fingerprint density at radius 3 is 3.06 bits per heavy atom. The van der Waals surface area contributed by atoms with E-state index in [0.29, 0.717) is 11.6 Å². The van der Waals surface area contributed by atoms with Gasteiger partial charge in [-0.15, -0.1) is 0 Å². The fourth-order valence-electron chi connectivity index (χ4n) is 1.19. The zero-order chi connectivity index (χ0) is 12.8. The van der Waals surface area contributed by atoms with Gasteiger partial charge in [-0.1, -0.05) is 11.9 Å². The van der Waals surface area contributed by atoms with Crippen LogP contribution in [0.3, 0.4) is 0 Å². The molecule has 0 saturated carbocycles. The first-order valence-corrected chi connectivity index (χ1v) is 5.72. The minimum Gasteiger partial charge on any atom is -0.320 e. The molecule has 0 aliphatic carbocycles. The van der Waals surface area contributed by atoms with Gasteiger partial charge in [0.05, 0.1) is 6.10 Å². The predicted octanol–water partition coefficient (Wildman–Crippen LogP) is 2.44. The van der Waals surface area contributed by atoms with Crippen LogP contribution in [0.4, 0.5) is 5.82 Å². The van der Waals surface area contributed by atoms with Crippen LogP contribution in [0.25, 0.3) is 0 Å². The zero-order valence-electron chi connectivity index (χ0n) is 10.9. The lowest BCUT2D eigenvalue weighted by Gasteiger charge is -2.12. The van der Waals surface area contributed by atoms with E-state index in [1.807, 2.05) is 27.7 Å². The molecule has 0 amide bonds. The Labute approximate surface area is 103 Å². The third-order valence-electron chi connectivity index (χ3n) is 1.88. The highest BCUT2D eigenvalue weighted by atomic mass is 32.2. The summed E-state index contributed by atoms with van der Waals surface area (Å²) in [7, 11) is 1.14. The molecule has 1 atom stereocenters. The van der Waals surface area contributed by atoms with Crippen molar-refractivity contribution in [3.63, 3.8) is 0 Å². The van der Waals surface area contributed by atoms with Gasteiger partial charge in [-0.3, -0.25) is 0 Å². The van der Waals surface area contributed by atoms with Crippen molar-refractivity contribution in [1.82, 2.24) is 9.97 Å². The minimum absolute atomic E-state index is 0.208. The zero-order valence-corrected chi connectivity index (χ0v) is 10.7. The molecule has 1 unspecified atom stereocenters. The molecule has 0 fully saturated rings. The molecule has 4 nitrogen and oxygen atoms in total. The van der Waals surface area contributed by atoms with Gasteiger partial charge in [-0.05, 0) is 29.0 Å². The van der Waals surface area contributed by atoms with Crippen molar-refractivity contribution < 1.29 is 4.18 Å². The lowest BCUT2D eigenvalue weighted by atomic mass is 10.2. The summed E-state index contributed by atoms with van der Waals surface area (Å²) in [6.07, 6.45) is 1.51. The van der Waals surface area contributed by atoms with E-state index >= 15 is 0 Å². The van der Waals surface area contributed by atoms with Crippen molar-refractivity contribution in [1.29, 1.82) is 1.34 Å². The van der Waals surface area contributed by atoms with E-state index in [1.165, 1.54) is 0 Å². The van der Waals surface area contributed by atoms with Crippen LogP contribution >= 0.6 is 11.9 Å². The number of nitrogens with zero attached hydrogens (tertiary/aromatic N) is 3. The van der Waals surface area contributed by atoms with Gasteiger partial charge in [0, 0.05) is 17.5 Å². The van der Waals surface area contributed by atoms with Crippen LogP contribution in [0.5, 0.6) is 0 Å². The molecule has 0 aromatic carbocycles. The summed E-state index contributed by atoms with van der Waals surface area (Å²) in [5, 5.41) is 0. The van der Waals surface area contributed by atoms with Crippen LogP contribution in [0.1, 0.15) is 38.3 Å². The standard InChI is InChI=1S/C10H15BN3OS/c1-6(2)13-10-9(7(3)15-16-11)5-12-8(4)14-10/h5,7,11H,1-4H3/i11T. The minimum atomic E-state index is -0.208. The number of rotatable bonds is 5. The monoisotopic (exact) mass is 238 g/mol. The first kappa shape index (κ1) is 11.6. The van der Waals surface area contributed by atoms with E-state index in [-0.39, 0.29) is 6.10 Å². The molecule has 1 rings (SSSR count). The molecule has 1 radical (unpaired) electrons. The Bertz CT molecular complexity index is 413. The molecule has 85 valence electrons. The number of aryl methyl sites for hydroxylation is 1. The maximum absolute atomic E-state index is 6.91. The van der Waals surface area contributed by atoms with Crippen molar-refractivity contribution in [3.8, 4) is 0 Å². The Morgan fingerprint density at radius 1 is 1.69 bits per heavy atom. The number of aliphatic imine (C=N–C) groups is 1. The van der Waals surface area contributed by atoms with Crippen molar-refractivity contribution in [2.45, 2.75) is 33.8 Å². The molecule has 0 bridgehead atoms. The summed E-state index contributed by atoms with van der Waals surface area (Å²) in [6, 6.07) is 0. The summed E-state index contributed by atoms with van der Waals surface area (Å²) in [5.41, 5.74) is 1.75. The average Bonchev–Trinajstić information content (AvgIpc) is 2.25. The summed E-state index contributed by atoms with van der Waals surface area (Å²) in [6.45, 7) is 7.54. The van der Waals surface area contributed by atoms with Crippen LogP contribution in [0.15, 0.2) is 11.2 Å². The Hall–Kier alpha value is -0.875.